The van der Waals surface area contributed by atoms with E-state index in [0.717, 1.165) is 16.6 Å². The van der Waals surface area contributed by atoms with Gasteiger partial charge in [-0.25, -0.2) is 4.39 Å². The Morgan fingerprint density at radius 3 is 2.76 bits per heavy atom. The van der Waals surface area contributed by atoms with Gasteiger partial charge in [-0.2, -0.15) is 0 Å². The van der Waals surface area contributed by atoms with E-state index in [-0.39, 0.29) is 11.2 Å². The van der Waals surface area contributed by atoms with Crippen molar-refractivity contribution in [2.24, 2.45) is 5.41 Å². The molecule has 2 aliphatic rings. The number of rotatable bonds is 2. The van der Waals surface area contributed by atoms with Crippen molar-refractivity contribution in [2.45, 2.75) is 32.6 Å². The van der Waals surface area contributed by atoms with Gasteiger partial charge in [0.15, 0.2) is 0 Å². The summed E-state index contributed by atoms with van der Waals surface area (Å²) in [4.78, 5) is 3.55. The molecule has 1 aromatic carbocycles. The second kappa shape index (κ2) is 5.47. The Morgan fingerprint density at radius 2 is 2.14 bits per heavy atom. The average Bonchev–Trinajstić information content (AvgIpc) is 2.89. The highest BCUT2D eigenvalue weighted by molar-refractivity contribution is 9.10. The third-order valence-corrected chi connectivity index (χ3v) is 6.05. The van der Waals surface area contributed by atoms with E-state index in [4.69, 9.17) is 0 Å². The molecule has 4 heteroatoms. The molecular formula is C17H19BrFNS. The Bertz CT molecular complexity index is 630. The van der Waals surface area contributed by atoms with Gasteiger partial charge in [0.2, 0.25) is 0 Å². The molecule has 0 radical (unpaired) electrons. The highest BCUT2D eigenvalue weighted by atomic mass is 79.9. The van der Waals surface area contributed by atoms with Crippen LogP contribution in [0.4, 0.5) is 4.39 Å². The maximum Gasteiger partial charge on any atom is 0.129 e. The van der Waals surface area contributed by atoms with Gasteiger partial charge in [0.25, 0.3) is 0 Å². The van der Waals surface area contributed by atoms with Crippen LogP contribution in [-0.2, 0) is 6.54 Å². The van der Waals surface area contributed by atoms with Crippen molar-refractivity contribution in [1.29, 1.82) is 0 Å². The van der Waals surface area contributed by atoms with Gasteiger partial charge in [-0.1, -0.05) is 48.8 Å². The van der Waals surface area contributed by atoms with E-state index in [0.29, 0.717) is 11.8 Å². The summed E-state index contributed by atoms with van der Waals surface area (Å²) in [5.74, 6) is -0.144. The minimum absolute atomic E-state index is 0.144. The Balaban J connectivity index is 1.70. The molecule has 0 amide bonds. The minimum Gasteiger partial charge on any atom is -0.368 e. The fourth-order valence-corrected chi connectivity index (χ4v) is 4.27. The predicted octanol–water partition coefficient (Wildman–Crippen LogP) is 5.33. The lowest BCUT2D eigenvalue weighted by Gasteiger charge is -2.25. The number of fused-ring (bicyclic) bond motifs is 1. The third-order valence-electron chi connectivity index (χ3n) is 3.84. The first-order chi connectivity index (χ1) is 9.83. The Kier molecular flexibility index (Phi) is 3.95. The molecule has 0 saturated heterocycles. The molecule has 1 unspecified atom stereocenters. The van der Waals surface area contributed by atoms with Gasteiger partial charge < -0.3 is 4.90 Å². The van der Waals surface area contributed by atoms with Crippen LogP contribution in [0.3, 0.4) is 0 Å². The first kappa shape index (κ1) is 15.2. The van der Waals surface area contributed by atoms with E-state index in [1.807, 2.05) is 23.9 Å². The lowest BCUT2D eigenvalue weighted by molar-refractivity contribution is 0.404. The average molecular weight is 368 g/mol. The lowest BCUT2D eigenvalue weighted by atomic mass is 9.91. The highest BCUT2D eigenvalue weighted by Crippen LogP contribution is 2.47. The minimum atomic E-state index is -0.144. The fraction of sp³-hybridized carbons (Fsp3) is 0.412. The Labute approximate surface area is 138 Å². The smallest absolute Gasteiger partial charge is 0.129 e. The van der Waals surface area contributed by atoms with Crippen LogP contribution < -0.4 is 0 Å². The van der Waals surface area contributed by atoms with Crippen LogP contribution in [0.5, 0.6) is 0 Å². The first-order valence-corrected chi connectivity index (χ1v) is 8.78. The molecule has 1 atom stereocenters. The quantitative estimate of drug-likeness (QED) is 0.694. The van der Waals surface area contributed by atoms with Gasteiger partial charge in [-0.15, -0.1) is 11.8 Å². The summed E-state index contributed by atoms with van der Waals surface area (Å²) in [5.41, 5.74) is 2.43. The molecule has 2 heterocycles. The molecule has 0 fully saturated rings. The second-order valence-electron chi connectivity index (χ2n) is 6.73. The maximum atomic E-state index is 13.9. The molecule has 0 saturated carbocycles. The number of halogens is 2. The van der Waals surface area contributed by atoms with E-state index in [2.05, 4.69) is 53.9 Å². The van der Waals surface area contributed by atoms with Gasteiger partial charge in [-0.3, -0.25) is 0 Å². The van der Waals surface area contributed by atoms with Gasteiger partial charge in [-0.05, 0) is 23.1 Å². The second-order valence-corrected chi connectivity index (χ2v) is 8.83. The molecule has 1 aromatic rings. The largest absolute Gasteiger partial charge is 0.368 e. The summed E-state index contributed by atoms with van der Waals surface area (Å²) in [6.07, 6.45) is 4.57. The van der Waals surface area contributed by atoms with E-state index in [9.17, 15) is 4.39 Å². The SMILES string of the molecule is CC(C)(C)C1C=C2CN(Cc3ccc(Br)cc3F)C=C2S1. The molecule has 0 aliphatic carbocycles. The zero-order valence-corrected chi connectivity index (χ0v) is 14.9. The first-order valence-electron chi connectivity index (χ1n) is 7.10. The number of thioether (sulfide) groups is 1. The van der Waals surface area contributed by atoms with Gasteiger partial charge in [0.05, 0.1) is 0 Å². The summed E-state index contributed by atoms with van der Waals surface area (Å²) in [6, 6.07) is 5.28. The van der Waals surface area contributed by atoms with Crippen molar-refractivity contribution in [1.82, 2.24) is 4.90 Å². The lowest BCUT2D eigenvalue weighted by Crippen LogP contribution is -2.20. The number of hydrogen-bond donors (Lipinski definition) is 0. The Hall–Kier alpha value is -0.740. The maximum absolute atomic E-state index is 13.9. The molecular weight excluding hydrogens is 349 g/mol. The standard InChI is InChI=1S/C17H19BrFNS/c1-17(2,3)16-6-12-9-20(10-15(12)21-16)8-11-4-5-13(18)7-14(11)19/h4-7,10,16H,8-9H2,1-3H3. The monoisotopic (exact) mass is 367 g/mol. The van der Waals surface area contributed by atoms with Crippen LogP contribution in [0.25, 0.3) is 0 Å². The van der Waals surface area contributed by atoms with Crippen LogP contribution in [0.1, 0.15) is 26.3 Å². The number of nitrogens with zero attached hydrogens (tertiary/aromatic N) is 1. The van der Waals surface area contributed by atoms with Crippen LogP contribution in [0.2, 0.25) is 0 Å². The zero-order valence-electron chi connectivity index (χ0n) is 12.5. The molecule has 2 aliphatic heterocycles. The van der Waals surface area contributed by atoms with Gasteiger partial charge >= 0.3 is 0 Å². The van der Waals surface area contributed by atoms with E-state index >= 15 is 0 Å². The molecule has 1 nitrogen and oxygen atoms in total. The van der Waals surface area contributed by atoms with Crippen molar-refractivity contribution in [3.63, 3.8) is 0 Å². The van der Waals surface area contributed by atoms with Gasteiger partial charge in [0, 0.05) is 39.5 Å². The summed E-state index contributed by atoms with van der Waals surface area (Å²) >= 11 is 5.23. The normalized spacial score (nSPS) is 21.4. The van der Waals surface area contributed by atoms with Crippen molar-refractivity contribution in [2.75, 3.05) is 6.54 Å². The summed E-state index contributed by atoms with van der Waals surface area (Å²) < 4.78 is 14.7. The Morgan fingerprint density at radius 1 is 1.38 bits per heavy atom. The fourth-order valence-electron chi connectivity index (χ4n) is 2.58. The third kappa shape index (κ3) is 3.21. The van der Waals surface area contributed by atoms with Crippen LogP contribution in [-0.4, -0.2) is 16.7 Å². The van der Waals surface area contributed by atoms with Crippen molar-refractivity contribution in [3.05, 3.63) is 56.8 Å². The van der Waals surface area contributed by atoms with Crippen molar-refractivity contribution < 1.29 is 4.39 Å². The number of hydrogen-bond acceptors (Lipinski definition) is 2. The van der Waals surface area contributed by atoms with E-state index < -0.39 is 0 Å². The molecule has 0 N–H and O–H groups in total. The molecule has 112 valence electrons. The van der Waals surface area contributed by atoms with E-state index in [1.54, 1.807) is 0 Å². The summed E-state index contributed by atoms with van der Waals surface area (Å²) in [7, 11) is 0. The van der Waals surface area contributed by atoms with E-state index in [1.165, 1.54) is 16.5 Å². The number of benzene rings is 1. The van der Waals surface area contributed by atoms with Crippen LogP contribution in [0, 0.1) is 11.2 Å². The molecule has 3 rings (SSSR count). The highest BCUT2D eigenvalue weighted by Gasteiger charge is 2.34. The topological polar surface area (TPSA) is 3.24 Å². The zero-order chi connectivity index (χ0) is 15.2. The molecule has 0 bridgehead atoms. The predicted molar refractivity (Wildman–Crippen MR) is 91.5 cm³/mol. The van der Waals surface area contributed by atoms with Crippen LogP contribution in [0.15, 0.2) is 45.4 Å². The summed E-state index contributed by atoms with van der Waals surface area (Å²) in [6.45, 7) is 8.35. The molecule has 0 spiro atoms. The van der Waals surface area contributed by atoms with Crippen LogP contribution >= 0.6 is 27.7 Å². The summed E-state index contributed by atoms with van der Waals surface area (Å²) in [5, 5.41) is 0.547. The van der Waals surface area contributed by atoms with Crippen molar-refractivity contribution in [3.8, 4) is 0 Å². The molecule has 0 aromatic heterocycles. The van der Waals surface area contributed by atoms with Crippen molar-refractivity contribution >= 4 is 27.7 Å². The molecule has 21 heavy (non-hydrogen) atoms. The van der Waals surface area contributed by atoms with Gasteiger partial charge in [0.1, 0.15) is 5.82 Å².